The van der Waals surface area contributed by atoms with E-state index < -0.39 is 0 Å². The van der Waals surface area contributed by atoms with E-state index >= 15 is 0 Å². The molecule has 2 unspecified atom stereocenters. The van der Waals surface area contributed by atoms with Crippen LogP contribution < -0.4 is 5.32 Å². The van der Waals surface area contributed by atoms with E-state index in [-0.39, 0.29) is 17.8 Å². The molecule has 0 aromatic carbocycles. The Morgan fingerprint density at radius 3 is 2.15 bits per heavy atom. The Labute approximate surface area is 130 Å². The predicted molar refractivity (Wildman–Crippen MR) is 86.2 cm³/mol. The first-order chi connectivity index (χ1) is 8.93. The van der Waals surface area contributed by atoms with Crippen LogP contribution in [0.25, 0.3) is 0 Å². The molecule has 2 rings (SSSR count). The summed E-state index contributed by atoms with van der Waals surface area (Å²) in [6.45, 7) is 10.6. The second-order valence-corrected chi connectivity index (χ2v) is 7.26. The van der Waals surface area contributed by atoms with Crippen molar-refractivity contribution in [2.45, 2.75) is 71.9 Å². The van der Waals surface area contributed by atoms with Gasteiger partial charge in [-0.25, -0.2) is 0 Å². The molecule has 1 N–H and O–H groups in total. The van der Waals surface area contributed by atoms with Crippen molar-refractivity contribution in [1.29, 1.82) is 0 Å². The highest BCUT2D eigenvalue weighted by Crippen LogP contribution is 2.44. The first-order valence-electron chi connectivity index (χ1n) is 7.98. The van der Waals surface area contributed by atoms with Crippen molar-refractivity contribution in [2.24, 2.45) is 11.3 Å². The van der Waals surface area contributed by atoms with Crippen molar-refractivity contribution in [2.75, 3.05) is 13.1 Å². The van der Waals surface area contributed by atoms with Gasteiger partial charge in [-0.3, -0.25) is 4.79 Å². The molecule has 4 heteroatoms. The largest absolute Gasteiger partial charge is 0.339 e. The first kappa shape index (κ1) is 17.8. The van der Waals surface area contributed by atoms with Crippen molar-refractivity contribution in [3.63, 3.8) is 0 Å². The highest BCUT2D eigenvalue weighted by molar-refractivity contribution is 5.85. The average Bonchev–Trinajstić information content (AvgIpc) is 2.75. The van der Waals surface area contributed by atoms with Crippen LogP contribution in [0, 0.1) is 11.3 Å². The Bertz CT molecular complexity index is 316. The number of nitrogens with zero attached hydrogens (tertiary/aromatic N) is 1. The second-order valence-electron chi connectivity index (χ2n) is 7.26. The van der Waals surface area contributed by atoms with E-state index in [1.807, 2.05) is 0 Å². The van der Waals surface area contributed by atoms with E-state index in [1.165, 1.54) is 12.8 Å². The lowest BCUT2D eigenvalue weighted by molar-refractivity contribution is -0.144. The van der Waals surface area contributed by atoms with Crippen LogP contribution in [-0.2, 0) is 4.79 Å². The van der Waals surface area contributed by atoms with Gasteiger partial charge in [0.2, 0.25) is 5.91 Å². The van der Waals surface area contributed by atoms with Crippen LogP contribution in [0.4, 0.5) is 0 Å². The molecule has 2 fully saturated rings. The summed E-state index contributed by atoms with van der Waals surface area (Å²) in [7, 11) is 0. The summed E-state index contributed by atoms with van der Waals surface area (Å²) >= 11 is 0. The van der Waals surface area contributed by atoms with Crippen molar-refractivity contribution in [3.8, 4) is 0 Å². The summed E-state index contributed by atoms with van der Waals surface area (Å²) in [6.07, 6.45) is 5.75. The lowest BCUT2D eigenvalue weighted by Gasteiger charge is -2.41. The van der Waals surface area contributed by atoms with Crippen molar-refractivity contribution in [3.05, 3.63) is 0 Å². The number of carbonyl (C=O) groups is 1. The topological polar surface area (TPSA) is 32.3 Å². The molecule has 0 aromatic rings. The number of nitrogens with one attached hydrogen (secondary N) is 1. The highest BCUT2D eigenvalue weighted by atomic mass is 35.5. The van der Waals surface area contributed by atoms with Gasteiger partial charge in [0.05, 0.1) is 0 Å². The molecule has 1 saturated heterocycles. The fourth-order valence-corrected chi connectivity index (χ4v) is 4.17. The van der Waals surface area contributed by atoms with Crippen molar-refractivity contribution in [1.82, 2.24) is 10.2 Å². The minimum atomic E-state index is -0.0368. The monoisotopic (exact) mass is 302 g/mol. The normalized spacial score (nSPS) is 29.4. The third-order valence-electron chi connectivity index (χ3n) is 4.66. The summed E-state index contributed by atoms with van der Waals surface area (Å²) < 4.78 is 0. The zero-order valence-corrected chi connectivity index (χ0v) is 14.3. The van der Waals surface area contributed by atoms with Crippen LogP contribution in [0.15, 0.2) is 0 Å². The molecule has 20 heavy (non-hydrogen) atoms. The Balaban J connectivity index is 0.00000200. The smallest absolute Gasteiger partial charge is 0.228 e. The molecule has 1 saturated carbocycles. The third-order valence-corrected chi connectivity index (χ3v) is 4.66. The summed E-state index contributed by atoms with van der Waals surface area (Å²) in [5, 5.41) is 3.51. The molecular weight excluding hydrogens is 272 g/mol. The summed E-state index contributed by atoms with van der Waals surface area (Å²) in [5.41, 5.74) is -0.0368. The molecule has 1 amide bonds. The summed E-state index contributed by atoms with van der Waals surface area (Å²) in [6, 6.07) is 0.843. The van der Waals surface area contributed by atoms with Crippen LogP contribution in [0.2, 0.25) is 0 Å². The quantitative estimate of drug-likeness (QED) is 0.868. The number of carbonyl (C=O) groups excluding carboxylic acids is 1. The molecule has 2 atom stereocenters. The van der Waals surface area contributed by atoms with Gasteiger partial charge in [0, 0.05) is 30.6 Å². The van der Waals surface area contributed by atoms with Gasteiger partial charge in [-0.15, -0.1) is 12.4 Å². The van der Waals surface area contributed by atoms with Crippen LogP contribution in [0.5, 0.6) is 0 Å². The number of halogens is 1. The van der Waals surface area contributed by atoms with E-state index in [4.69, 9.17) is 0 Å². The molecule has 0 spiro atoms. The molecule has 3 nitrogen and oxygen atoms in total. The van der Waals surface area contributed by atoms with Gasteiger partial charge >= 0.3 is 0 Å². The minimum absolute atomic E-state index is 0. The maximum atomic E-state index is 13.0. The zero-order valence-electron chi connectivity index (χ0n) is 13.4. The molecule has 1 aliphatic carbocycles. The molecular formula is C16H31ClN2O. The van der Waals surface area contributed by atoms with Gasteiger partial charge < -0.3 is 10.2 Å². The van der Waals surface area contributed by atoms with Crippen LogP contribution >= 0.6 is 12.4 Å². The van der Waals surface area contributed by atoms with Crippen LogP contribution in [0.1, 0.15) is 59.8 Å². The lowest BCUT2D eigenvalue weighted by Crippen LogP contribution is -2.58. The first-order valence-corrected chi connectivity index (χ1v) is 7.98. The molecule has 1 heterocycles. The van der Waals surface area contributed by atoms with Crippen molar-refractivity contribution >= 4 is 18.3 Å². The van der Waals surface area contributed by atoms with Gasteiger partial charge in [0.25, 0.3) is 0 Å². The Hall–Kier alpha value is -0.280. The standard InChI is InChI=1S/C16H30N2O.ClH/c1-12(2)9-16(7-5-6-8-16)15(19)18-10-13(3)17-14(4)11-18;/h12-14,17H,5-11H2,1-4H3;1H. The van der Waals surface area contributed by atoms with E-state index in [9.17, 15) is 4.79 Å². The fraction of sp³-hybridized carbons (Fsp3) is 0.938. The summed E-state index contributed by atoms with van der Waals surface area (Å²) in [4.78, 5) is 15.2. The van der Waals surface area contributed by atoms with E-state index in [0.29, 0.717) is 23.9 Å². The van der Waals surface area contributed by atoms with E-state index in [0.717, 1.165) is 32.4 Å². The molecule has 118 valence electrons. The SMILES string of the molecule is CC(C)CC1(C(=O)N2CC(C)NC(C)C2)CCCC1.Cl. The number of hydrogen-bond acceptors (Lipinski definition) is 2. The van der Waals surface area contributed by atoms with E-state index in [1.54, 1.807) is 0 Å². The Kier molecular flexibility index (Phi) is 6.33. The predicted octanol–water partition coefficient (Wildman–Crippen LogP) is 3.22. The fourth-order valence-electron chi connectivity index (χ4n) is 4.17. The maximum absolute atomic E-state index is 13.0. The molecule has 0 radical (unpaired) electrons. The third kappa shape index (κ3) is 3.88. The molecule has 1 aliphatic heterocycles. The molecule has 0 bridgehead atoms. The average molecular weight is 303 g/mol. The lowest BCUT2D eigenvalue weighted by atomic mass is 9.77. The maximum Gasteiger partial charge on any atom is 0.228 e. The van der Waals surface area contributed by atoms with Crippen LogP contribution in [0.3, 0.4) is 0 Å². The highest BCUT2D eigenvalue weighted by Gasteiger charge is 2.44. The van der Waals surface area contributed by atoms with Gasteiger partial charge in [-0.2, -0.15) is 0 Å². The van der Waals surface area contributed by atoms with Gasteiger partial charge in [-0.05, 0) is 39.0 Å². The van der Waals surface area contributed by atoms with Crippen LogP contribution in [-0.4, -0.2) is 36.0 Å². The van der Waals surface area contributed by atoms with Gasteiger partial charge in [-0.1, -0.05) is 26.7 Å². The minimum Gasteiger partial charge on any atom is -0.339 e. The van der Waals surface area contributed by atoms with Crippen molar-refractivity contribution < 1.29 is 4.79 Å². The number of hydrogen-bond donors (Lipinski definition) is 1. The van der Waals surface area contributed by atoms with Gasteiger partial charge in [0.1, 0.15) is 0 Å². The van der Waals surface area contributed by atoms with E-state index in [2.05, 4.69) is 37.9 Å². The molecule has 2 aliphatic rings. The summed E-state index contributed by atoms with van der Waals surface area (Å²) in [5.74, 6) is 1.05. The zero-order chi connectivity index (χ0) is 14.0. The number of rotatable bonds is 3. The Morgan fingerprint density at radius 2 is 1.70 bits per heavy atom. The number of amides is 1. The molecule has 0 aromatic heterocycles. The number of piperazine rings is 1. The second kappa shape index (κ2) is 7.13. The van der Waals surface area contributed by atoms with Gasteiger partial charge in [0.15, 0.2) is 0 Å². The Morgan fingerprint density at radius 1 is 1.20 bits per heavy atom.